The third kappa shape index (κ3) is 3.44. The number of benzene rings is 2. The van der Waals surface area contributed by atoms with Crippen LogP contribution in [-0.2, 0) is 6.61 Å². The molecular formula is C22H23N3O2. The van der Waals surface area contributed by atoms with Crippen LogP contribution in [0.25, 0.3) is 22.2 Å². The van der Waals surface area contributed by atoms with Gasteiger partial charge in [-0.1, -0.05) is 24.3 Å². The Morgan fingerprint density at radius 3 is 2.67 bits per heavy atom. The summed E-state index contributed by atoms with van der Waals surface area (Å²) < 4.78 is 0. The summed E-state index contributed by atoms with van der Waals surface area (Å²) in [6.07, 6.45) is 0.851. The molecule has 4 rings (SSSR count). The average molecular weight is 361 g/mol. The normalized spacial score (nSPS) is 16.9. The second-order valence-corrected chi connectivity index (χ2v) is 7.23. The Kier molecular flexibility index (Phi) is 4.64. The quantitative estimate of drug-likeness (QED) is 0.752. The van der Waals surface area contributed by atoms with Gasteiger partial charge in [-0.2, -0.15) is 0 Å². The standard InChI is InChI=1S/C22H23N3O2/c1-14-2-3-17-11-18(13-26)21(24-20(17)10-14)15-4-6-16(7-5-15)22(27)25-9-8-19(23)12-25/h2-7,10-11,19,26H,8-9,12-13,23H2,1H3/t19-/m1/s1. The molecule has 5 nitrogen and oxygen atoms in total. The van der Waals surface area contributed by atoms with Crippen molar-refractivity contribution in [3.05, 3.63) is 65.2 Å². The fourth-order valence-corrected chi connectivity index (χ4v) is 3.62. The highest BCUT2D eigenvalue weighted by molar-refractivity contribution is 5.95. The molecule has 1 fully saturated rings. The van der Waals surface area contributed by atoms with Crippen LogP contribution in [0.15, 0.2) is 48.5 Å². The summed E-state index contributed by atoms with van der Waals surface area (Å²) in [5, 5.41) is 10.8. The summed E-state index contributed by atoms with van der Waals surface area (Å²) in [4.78, 5) is 19.2. The number of nitrogens with zero attached hydrogens (tertiary/aromatic N) is 2. The van der Waals surface area contributed by atoms with Gasteiger partial charge in [-0.15, -0.1) is 0 Å². The summed E-state index contributed by atoms with van der Waals surface area (Å²) in [5.74, 6) is 0.0129. The number of fused-ring (bicyclic) bond motifs is 1. The van der Waals surface area contributed by atoms with E-state index in [1.165, 1.54) is 0 Å². The molecule has 1 atom stereocenters. The zero-order chi connectivity index (χ0) is 19.0. The lowest BCUT2D eigenvalue weighted by Crippen LogP contribution is -2.31. The molecule has 0 saturated carbocycles. The van der Waals surface area contributed by atoms with Crippen LogP contribution < -0.4 is 5.73 Å². The van der Waals surface area contributed by atoms with Crippen molar-refractivity contribution in [2.24, 2.45) is 5.73 Å². The van der Waals surface area contributed by atoms with Gasteiger partial charge in [0.1, 0.15) is 0 Å². The molecule has 3 aromatic rings. The Morgan fingerprint density at radius 2 is 2.00 bits per heavy atom. The topological polar surface area (TPSA) is 79.5 Å². The molecule has 1 amide bonds. The third-order valence-electron chi connectivity index (χ3n) is 5.14. The summed E-state index contributed by atoms with van der Waals surface area (Å²) in [6.45, 7) is 3.27. The molecule has 0 unspecified atom stereocenters. The molecule has 1 aliphatic heterocycles. The fraction of sp³-hybridized carbons (Fsp3) is 0.273. The van der Waals surface area contributed by atoms with E-state index in [0.29, 0.717) is 18.7 Å². The Morgan fingerprint density at radius 1 is 1.22 bits per heavy atom. The van der Waals surface area contributed by atoms with Gasteiger partial charge >= 0.3 is 0 Å². The van der Waals surface area contributed by atoms with Crippen LogP contribution in [0.4, 0.5) is 0 Å². The van der Waals surface area contributed by atoms with Crippen molar-refractivity contribution in [3.8, 4) is 11.3 Å². The molecule has 0 bridgehead atoms. The Balaban J connectivity index is 1.68. The van der Waals surface area contributed by atoms with E-state index in [1.807, 2.05) is 55.5 Å². The highest BCUT2D eigenvalue weighted by Gasteiger charge is 2.24. The van der Waals surface area contributed by atoms with Gasteiger partial charge < -0.3 is 15.7 Å². The van der Waals surface area contributed by atoms with E-state index in [1.54, 1.807) is 4.90 Å². The maximum atomic E-state index is 12.6. The van der Waals surface area contributed by atoms with Gasteiger partial charge in [-0.05, 0) is 43.2 Å². The monoisotopic (exact) mass is 361 g/mol. The maximum Gasteiger partial charge on any atom is 0.253 e. The minimum absolute atomic E-state index is 0.0129. The second-order valence-electron chi connectivity index (χ2n) is 7.23. The number of nitrogens with two attached hydrogens (primary N) is 1. The van der Waals surface area contributed by atoms with E-state index in [4.69, 9.17) is 10.7 Å². The van der Waals surface area contributed by atoms with Crippen molar-refractivity contribution < 1.29 is 9.90 Å². The average Bonchev–Trinajstić information content (AvgIpc) is 3.13. The van der Waals surface area contributed by atoms with Gasteiger partial charge in [0.05, 0.1) is 17.8 Å². The molecular weight excluding hydrogens is 338 g/mol. The van der Waals surface area contributed by atoms with Crippen molar-refractivity contribution in [2.45, 2.75) is 26.0 Å². The summed E-state index contributed by atoms with van der Waals surface area (Å²) in [7, 11) is 0. The predicted molar refractivity (Wildman–Crippen MR) is 106 cm³/mol. The number of aliphatic hydroxyl groups is 1. The molecule has 3 N–H and O–H groups in total. The molecule has 138 valence electrons. The molecule has 0 radical (unpaired) electrons. The molecule has 27 heavy (non-hydrogen) atoms. The first kappa shape index (κ1) is 17.6. The van der Waals surface area contributed by atoms with E-state index < -0.39 is 0 Å². The number of likely N-dealkylation sites (tertiary alicyclic amines) is 1. The van der Waals surface area contributed by atoms with Crippen LogP contribution in [0, 0.1) is 6.92 Å². The largest absolute Gasteiger partial charge is 0.392 e. The zero-order valence-electron chi connectivity index (χ0n) is 15.4. The second kappa shape index (κ2) is 7.10. The molecule has 1 aliphatic rings. The molecule has 1 aromatic heterocycles. The van der Waals surface area contributed by atoms with Crippen molar-refractivity contribution in [3.63, 3.8) is 0 Å². The van der Waals surface area contributed by atoms with Crippen LogP contribution in [0.2, 0.25) is 0 Å². The first-order valence-electron chi connectivity index (χ1n) is 9.21. The minimum Gasteiger partial charge on any atom is -0.392 e. The Labute approximate surface area is 158 Å². The number of amides is 1. The van der Waals surface area contributed by atoms with Crippen molar-refractivity contribution in [1.82, 2.24) is 9.88 Å². The first-order chi connectivity index (χ1) is 13.0. The van der Waals surface area contributed by atoms with E-state index in [2.05, 4.69) is 0 Å². The van der Waals surface area contributed by atoms with E-state index >= 15 is 0 Å². The van der Waals surface area contributed by atoms with Crippen LogP contribution in [-0.4, -0.2) is 40.0 Å². The smallest absolute Gasteiger partial charge is 0.253 e. The predicted octanol–water partition coefficient (Wildman–Crippen LogP) is 2.88. The fourth-order valence-electron chi connectivity index (χ4n) is 3.62. The molecule has 1 saturated heterocycles. The SMILES string of the molecule is Cc1ccc2cc(CO)c(-c3ccc(C(=O)N4CC[C@@H](N)C4)cc3)nc2c1. The first-order valence-corrected chi connectivity index (χ1v) is 9.21. The molecule has 2 aromatic carbocycles. The highest BCUT2D eigenvalue weighted by atomic mass is 16.3. The van der Waals surface area contributed by atoms with Crippen molar-refractivity contribution in [1.29, 1.82) is 0 Å². The van der Waals surface area contributed by atoms with Crippen LogP contribution in [0.1, 0.15) is 27.9 Å². The third-order valence-corrected chi connectivity index (χ3v) is 5.14. The van der Waals surface area contributed by atoms with Crippen LogP contribution >= 0.6 is 0 Å². The molecule has 2 heterocycles. The van der Waals surface area contributed by atoms with Gasteiger partial charge in [-0.3, -0.25) is 4.79 Å². The molecule has 5 heteroatoms. The molecule has 0 aliphatic carbocycles. The summed E-state index contributed by atoms with van der Waals surface area (Å²) in [6, 6.07) is 15.6. The van der Waals surface area contributed by atoms with Gasteiger partial charge in [0, 0.05) is 41.2 Å². The van der Waals surface area contributed by atoms with Crippen molar-refractivity contribution >= 4 is 16.8 Å². The number of pyridine rings is 1. The number of aryl methyl sites for hydroxylation is 1. The van der Waals surface area contributed by atoms with Gasteiger partial charge in [0.2, 0.25) is 0 Å². The number of carbonyl (C=O) groups excluding carboxylic acids is 1. The van der Waals surface area contributed by atoms with Gasteiger partial charge in [-0.25, -0.2) is 4.98 Å². The Hall–Kier alpha value is -2.76. The zero-order valence-corrected chi connectivity index (χ0v) is 15.4. The summed E-state index contributed by atoms with van der Waals surface area (Å²) in [5.41, 5.74) is 11.0. The van der Waals surface area contributed by atoms with Gasteiger partial charge in [0.15, 0.2) is 0 Å². The maximum absolute atomic E-state index is 12.6. The van der Waals surface area contributed by atoms with Crippen molar-refractivity contribution in [2.75, 3.05) is 13.1 Å². The molecule has 0 spiro atoms. The number of hydrogen-bond donors (Lipinski definition) is 2. The lowest BCUT2D eigenvalue weighted by atomic mass is 10.0. The number of carbonyl (C=O) groups is 1. The minimum atomic E-state index is -0.0848. The van der Waals surface area contributed by atoms with E-state index in [-0.39, 0.29) is 18.6 Å². The Bertz CT molecular complexity index is 998. The lowest BCUT2D eigenvalue weighted by Gasteiger charge is -2.16. The van der Waals surface area contributed by atoms with Crippen LogP contribution in [0.3, 0.4) is 0 Å². The summed E-state index contributed by atoms with van der Waals surface area (Å²) >= 11 is 0. The number of aromatic nitrogens is 1. The highest BCUT2D eigenvalue weighted by Crippen LogP contribution is 2.27. The number of rotatable bonds is 3. The van der Waals surface area contributed by atoms with Gasteiger partial charge in [0.25, 0.3) is 5.91 Å². The van der Waals surface area contributed by atoms with Crippen LogP contribution in [0.5, 0.6) is 0 Å². The number of hydrogen-bond acceptors (Lipinski definition) is 4. The van der Waals surface area contributed by atoms with E-state index in [9.17, 15) is 9.90 Å². The number of aliphatic hydroxyl groups excluding tert-OH is 1. The lowest BCUT2D eigenvalue weighted by molar-refractivity contribution is 0.0791. The van der Waals surface area contributed by atoms with E-state index in [0.717, 1.165) is 39.7 Å².